The van der Waals surface area contributed by atoms with Gasteiger partial charge in [-0.05, 0) is 26.7 Å². The molecular weight excluding hydrogens is 304 g/mol. The zero-order valence-corrected chi connectivity index (χ0v) is 13.4. The van der Waals surface area contributed by atoms with Crippen LogP contribution in [0.2, 0.25) is 5.02 Å². The third kappa shape index (κ3) is 2.72. The maximum atomic E-state index is 12.9. The molecule has 0 aromatic carbocycles. The molecule has 1 fully saturated rings. The number of carbonyl (C=O) groups is 1. The van der Waals surface area contributed by atoms with Gasteiger partial charge in [-0.1, -0.05) is 11.6 Å². The number of hydrogen-bond donors (Lipinski definition) is 0. The second-order valence-electron chi connectivity index (χ2n) is 6.08. The first kappa shape index (κ1) is 15.0. The number of likely N-dealkylation sites (tertiary alicyclic amines) is 1. The third-order valence-corrected chi connectivity index (χ3v) is 4.34. The Morgan fingerprint density at radius 3 is 2.86 bits per heavy atom. The lowest BCUT2D eigenvalue weighted by Crippen LogP contribution is -2.50. The molecule has 2 aromatic heterocycles. The van der Waals surface area contributed by atoms with Gasteiger partial charge in [0, 0.05) is 19.3 Å². The fourth-order valence-corrected chi connectivity index (χ4v) is 2.99. The molecule has 118 valence electrons. The first-order chi connectivity index (χ1) is 10.5. The molecule has 1 atom stereocenters. The van der Waals surface area contributed by atoms with Gasteiger partial charge in [-0.2, -0.15) is 10.2 Å². The van der Waals surface area contributed by atoms with Gasteiger partial charge in [-0.3, -0.25) is 9.48 Å². The molecule has 0 saturated carbocycles. The van der Waals surface area contributed by atoms with Crippen LogP contribution in [-0.2, 0) is 10.3 Å². The SMILES string of the molecule is CC(C)(C(=O)N1CCCC(n2cncn2)C1)n1cc(Cl)cn1. The predicted octanol–water partition coefficient (Wildman–Crippen LogP) is 1.73. The summed E-state index contributed by atoms with van der Waals surface area (Å²) in [4.78, 5) is 18.8. The summed E-state index contributed by atoms with van der Waals surface area (Å²) in [6.45, 7) is 5.11. The Morgan fingerprint density at radius 1 is 1.41 bits per heavy atom. The predicted molar refractivity (Wildman–Crippen MR) is 81.4 cm³/mol. The molecule has 0 radical (unpaired) electrons. The fraction of sp³-hybridized carbons (Fsp3) is 0.571. The second-order valence-corrected chi connectivity index (χ2v) is 6.52. The Balaban J connectivity index is 1.76. The van der Waals surface area contributed by atoms with Gasteiger partial charge in [0.25, 0.3) is 0 Å². The largest absolute Gasteiger partial charge is 0.338 e. The summed E-state index contributed by atoms with van der Waals surface area (Å²) in [6.07, 6.45) is 8.41. The van der Waals surface area contributed by atoms with E-state index in [4.69, 9.17) is 11.6 Å². The molecule has 2 aromatic rings. The molecule has 1 amide bonds. The summed E-state index contributed by atoms with van der Waals surface area (Å²) < 4.78 is 3.45. The molecule has 1 aliphatic heterocycles. The van der Waals surface area contributed by atoms with Gasteiger partial charge in [0.2, 0.25) is 5.91 Å². The van der Waals surface area contributed by atoms with E-state index in [0.717, 1.165) is 19.4 Å². The first-order valence-electron chi connectivity index (χ1n) is 7.32. The van der Waals surface area contributed by atoms with Gasteiger partial charge in [0.05, 0.1) is 17.3 Å². The van der Waals surface area contributed by atoms with Crippen molar-refractivity contribution < 1.29 is 4.79 Å². The molecule has 0 bridgehead atoms. The molecule has 3 heterocycles. The summed E-state index contributed by atoms with van der Waals surface area (Å²) in [5.41, 5.74) is -0.766. The van der Waals surface area contributed by atoms with Gasteiger partial charge in [0.15, 0.2) is 0 Å². The number of piperidine rings is 1. The standard InChI is InChI=1S/C14H19ClN6O/c1-14(2,21-7-11(15)6-17-21)13(22)19-5-3-4-12(8-19)20-10-16-9-18-20/h6-7,9-10,12H,3-5,8H2,1-2H3. The topological polar surface area (TPSA) is 68.8 Å². The van der Waals surface area contributed by atoms with Gasteiger partial charge >= 0.3 is 0 Å². The van der Waals surface area contributed by atoms with Crippen molar-refractivity contribution in [3.8, 4) is 0 Å². The Morgan fingerprint density at radius 2 is 2.23 bits per heavy atom. The molecular formula is C14H19ClN6O. The minimum atomic E-state index is -0.766. The van der Waals surface area contributed by atoms with Crippen molar-refractivity contribution in [3.05, 3.63) is 30.1 Å². The Labute approximate surface area is 133 Å². The van der Waals surface area contributed by atoms with Gasteiger partial charge in [0.1, 0.15) is 18.2 Å². The highest BCUT2D eigenvalue weighted by molar-refractivity contribution is 6.30. The maximum Gasteiger partial charge on any atom is 0.250 e. The lowest BCUT2D eigenvalue weighted by molar-refractivity contribution is -0.141. The van der Waals surface area contributed by atoms with E-state index >= 15 is 0 Å². The Bertz CT molecular complexity index is 650. The molecule has 0 spiro atoms. The minimum absolute atomic E-state index is 0.0390. The average Bonchev–Trinajstić information content (AvgIpc) is 3.18. The van der Waals surface area contributed by atoms with Crippen LogP contribution in [-0.4, -0.2) is 48.4 Å². The summed E-state index contributed by atoms with van der Waals surface area (Å²) in [7, 11) is 0. The van der Waals surface area contributed by atoms with Crippen molar-refractivity contribution in [2.24, 2.45) is 0 Å². The van der Waals surface area contributed by atoms with Crippen LogP contribution in [0, 0.1) is 0 Å². The molecule has 1 aliphatic rings. The van der Waals surface area contributed by atoms with E-state index < -0.39 is 5.54 Å². The highest BCUT2D eigenvalue weighted by Crippen LogP contribution is 2.26. The zero-order chi connectivity index (χ0) is 15.7. The van der Waals surface area contributed by atoms with Crippen LogP contribution < -0.4 is 0 Å². The summed E-state index contributed by atoms with van der Waals surface area (Å²) in [6, 6.07) is 0.178. The molecule has 0 N–H and O–H groups in total. The quantitative estimate of drug-likeness (QED) is 0.863. The second kappa shape index (κ2) is 5.72. The number of hydrogen-bond acceptors (Lipinski definition) is 4. The van der Waals surface area contributed by atoms with Crippen molar-refractivity contribution >= 4 is 17.5 Å². The smallest absolute Gasteiger partial charge is 0.250 e. The van der Waals surface area contributed by atoms with E-state index in [-0.39, 0.29) is 11.9 Å². The molecule has 1 saturated heterocycles. The summed E-state index contributed by atoms with van der Waals surface area (Å²) >= 11 is 5.92. The number of rotatable bonds is 3. The molecule has 8 heteroatoms. The van der Waals surface area contributed by atoms with Crippen LogP contribution >= 0.6 is 11.6 Å². The van der Waals surface area contributed by atoms with E-state index in [9.17, 15) is 4.79 Å². The number of halogens is 1. The van der Waals surface area contributed by atoms with Crippen LogP contribution in [0.5, 0.6) is 0 Å². The number of aromatic nitrogens is 5. The van der Waals surface area contributed by atoms with E-state index in [0.29, 0.717) is 11.6 Å². The minimum Gasteiger partial charge on any atom is -0.338 e. The van der Waals surface area contributed by atoms with Crippen molar-refractivity contribution in [3.63, 3.8) is 0 Å². The molecule has 7 nitrogen and oxygen atoms in total. The van der Waals surface area contributed by atoms with Crippen LogP contribution in [0.3, 0.4) is 0 Å². The normalized spacial score (nSPS) is 19.4. The number of nitrogens with zero attached hydrogens (tertiary/aromatic N) is 6. The summed E-state index contributed by atoms with van der Waals surface area (Å²) in [5.74, 6) is 0.0390. The lowest BCUT2D eigenvalue weighted by Gasteiger charge is -2.37. The maximum absolute atomic E-state index is 12.9. The fourth-order valence-electron chi connectivity index (χ4n) is 2.85. The number of carbonyl (C=O) groups excluding carboxylic acids is 1. The third-order valence-electron chi connectivity index (χ3n) is 4.14. The van der Waals surface area contributed by atoms with Gasteiger partial charge in [-0.15, -0.1) is 0 Å². The lowest BCUT2D eigenvalue weighted by atomic mass is 9.99. The average molecular weight is 323 g/mol. The summed E-state index contributed by atoms with van der Waals surface area (Å²) in [5, 5.41) is 8.90. The van der Waals surface area contributed by atoms with Crippen LogP contribution in [0.1, 0.15) is 32.7 Å². The van der Waals surface area contributed by atoms with Crippen molar-refractivity contribution in [2.45, 2.75) is 38.3 Å². The van der Waals surface area contributed by atoms with Gasteiger partial charge in [-0.25, -0.2) is 9.67 Å². The monoisotopic (exact) mass is 322 g/mol. The first-order valence-corrected chi connectivity index (χ1v) is 7.70. The zero-order valence-electron chi connectivity index (χ0n) is 12.7. The highest BCUT2D eigenvalue weighted by Gasteiger charge is 2.37. The molecule has 1 unspecified atom stereocenters. The van der Waals surface area contributed by atoms with E-state index in [1.54, 1.807) is 23.4 Å². The van der Waals surface area contributed by atoms with Crippen LogP contribution in [0.25, 0.3) is 0 Å². The number of amides is 1. The van der Waals surface area contributed by atoms with Crippen molar-refractivity contribution in [1.29, 1.82) is 0 Å². The van der Waals surface area contributed by atoms with E-state index in [1.165, 1.54) is 6.33 Å². The van der Waals surface area contributed by atoms with Crippen LogP contribution in [0.4, 0.5) is 0 Å². The molecule has 22 heavy (non-hydrogen) atoms. The van der Waals surface area contributed by atoms with Gasteiger partial charge < -0.3 is 4.90 Å². The highest BCUT2D eigenvalue weighted by atomic mass is 35.5. The van der Waals surface area contributed by atoms with Crippen LogP contribution in [0.15, 0.2) is 25.0 Å². The molecule has 3 rings (SSSR count). The van der Waals surface area contributed by atoms with Crippen molar-refractivity contribution in [2.75, 3.05) is 13.1 Å². The Hall–Kier alpha value is -1.89. The van der Waals surface area contributed by atoms with E-state index in [2.05, 4.69) is 15.2 Å². The Kier molecular flexibility index (Phi) is 3.90. The van der Waals surface area contributed by atoms with Crippen molar-refractivity contribution in [1.82, 2.24) is 29.4 Å². The molecule has 0 aliphatic carbocycles. The van der Waals surface area contributed by atoms with E-state index in [1.807, 2.05) is 23.4 Å².